The zero-order chi connectivity index (χ0) is 31.1. The molecule has 3 amide bonds. The summed E-state index contributed by atoms with van der Waals surface area (Å²) >= 11 is 1.51. The first-order chi connectivity index (χ1) is 19.5. The third-order valence-electron chi connectivity index (χ3n) is 6.39. The molecule has 1 aromatic carbocycles. The van der Waals surface area contributed by atoms with Gasteiger partial charge in [0.25, 0.3) is 0 Å². The fourth-order valence-corrected chi connectivity index (χ4v) is 5.34. The molecule has 1 fully saturated rings. The van der Waals surface area contributed by atoms with Gasteiger partial charge in [0.2, 0.25) is 5.91 Å². The van der Waals surface area contributed by atoms with Gasteiger partial charge in [-0.05, 0) is 51.3 Å². The van der Waals surface area contributed by atoms with Crippen LogP contribution in [0.3, 0.4) is 0 Å². The predicted octanol–water partition coefficient (Wildman–Crippen LogP) is 4.45. The zero-order valence-electron chi connectivity index (χ0n) is 25.6. The molecule has 1 aromatic heterocycles. The van der Waals surface area contributed by atoms with E-state index >= 15 is 0 Å². The van der Waals surface area contributed by atoms with Crippen molar-refractivity contribution in [2.75, 3.05) is 36.9 Å². The highest BCUT2D eigenvalue weighted by Crippen LogP contribution is 2.37. The van der Waals surface area contributed by atoms with Crippen molar-refractivity contribution in [1.82, 2.24) is 15.2 Å². The van der Waals surface area contributed by atoms with E-state index < -0.39 is 29.1 Å². The molecule has 2 heterocycles. The Labute approximate surface area is 251 Å². The van der Waals surface area contributed by atoms with E-state index in [0.717, 1.165) is 35.8 Å². The quantitative estimate of drug-likeness (QED) is 0.288. The average Bonchev–Trinajstić information content (AvgIpc) is 3.21. The number of nitrogens with one attached hydrogen (secondary N) is 3. The molecule has 13 heteroatoms. The average molecular weight is 605 g/mol. The van der Waals surface area contributed by atoms with E-state index in [1.165, 1.54) is 18.3 Å². The highest BCUT2D eigenvalue weighted by Gasteiger charge is 2.50. The molecule has 1 unspecified atom stereocenters. The van der Waals surface area contributed by atoms with Crippen LogP contribution in [0.15, 0.2) is 24.3 Å². The van der Waals surface area contributed by atoms with E-state index in [-0.39, 0.29) is 5.91 Å². The van der Waals surface area contributed by atoms with Crippen LogP contribution in [0, 0.1) is 5.41 Å². The highest BCUT2D eigenvalue weighted by atomic mass is 32.1. The van der Waals surface area contributed by atoms with Crippen molar-refractivity contribution in [2.45, 2.75) is 79.3 Å². The second-order valence-corrected chi connectivity index (χ2v) is 13.4. The number of thiazole rings is 1. The number of carbonyl (C=O) groups excluding carboxylic acids is 3. The van der Waals surface area contributed by atoms with E-state index in [2.05, 4.69) is 20.9 Å². The Bertz CT molecular complexity index is 1230. The Morgan fingerprint density at radius 3 is 2.21 bits per heavy atom. The number of rotatable bonds is 10. The molecule has 1 aliphatic rings. The number of benzene rings is 1. The Morgan fingerprint density at radius 1 is 1.02 bits per heavy atom. The molecule has 2 aromatic rings. The van der Waals surface area contributed by atoms with Crippen molar-refractivity contribution in [3.8, 4) is 0 Å². The molecule has 5 N–H and O–H groups in total. The number of anilines is 2. The number of morpholine rings is 1. The van der Waals surface area contributed by atoms with E-state index in [0.29, 0.717) is 36.9 Å². The smallest absolute Gasteiger partial charge is 0.387 e. The van der Waals surface area contributed by atoms with Crippen LogP contribution < -0.4 is 21.7 Å². The van der Waals surface area contributed by atoms with Crippen LogP contribution in [0.1, 0.15) is 64.6 Å². The van der Waals surface area contributed by atoms with E-state index in [4.69, 9.17) is 24.9 Å². The summed E-state index contributed by atoms with van der Waals surface area (Å²) in [6.07, 6.45) is -0.452. The van der Waals surface area contributed by atoms with Gasteiger partial charge >= 0.3 is 18.1 Å². The van der Waals surface area contributed by atoms with Crippen LogP contribution in [-0.4, -0.2) is 65.7 Å². The van der Waals surface area contributed by atoms with Crippen LogP contribution in [0.4, 0.5) is 20.4 Å². The minimum Gasteiger partial charge on any atom is -0.387 e. The normalized spacial score (nSPS) is 15.8. The van der Waals surface area contributed by atoms with Gasteiger partial charge in [-0.15, -0.1) is 11.3 Å². The lowest BCUT2D eigenvalue weighted by atomic mass is 9.90. The molecule has 12 nitrogen and oxygen atoms in total. The number of aryl methyl sites for hydroxylation is 2. The molecule has 1 aliphatic heterocycles. The van der Waals surface area contributed by atoms with Crippen molar-refractivity contribution < 1.29 is 28.6 Å². The minimum absolute atomic E-state index is 0.150. The number of alkyl carbamates (subject to hydrolysis) is 1. The van der Waals surface area contributed by atoms with Crippen LogP contribution in [0.2, 0.25) is 0 Å². The third-order valence-corrected chi connectivity index (χ3v) is 7.39. The van der Waals surface area contributed by atoms with Crippen LogP contribution in [0.25, 0.3) is 0 Å². The molecule has 0 spiro atoms. The Balaban J connectivity index is 1.76. The van der Waals surface area contributed by atoms with Crippen molar-refractivity contribution in [1.29, 1.82) is 0 Å². The zero-order valence-corrected chi connectivity index (χ0v) is 26.4. The topological polar surface area (TPSA) is 157 Å². The van der Waals surface area contributed by atoms with Gasteiger partial charge in [-0.1, -0.05) is 32.9 Å². The van der Waals surface area contributed by atoms with Crippen LogP contribution in [0.5, 0.6) is 0 Å². The van der Waals surface area contributed by atoms with Gasteiger partial charge in [0.1, 0.15) is 0 Å². The summed E-state index contributed by atoms with van der Waals surface area (Å²) in [7, 11) is 0. The first kappa shape index (κ1) is 33.1. The summed E-state index contributed by atoms with van der Waals surface area (Å²) in [4.78, 5) is 44.5. The maximum absolute atomic E-state index is 12.7. The molecule has 1 atom stereocenters. The minimum atomic E-state index is -1.88. The summed E-state index contributed by atoms with van der Waals surface area (Å²) in [5.41, 5.74) is 6.50. The van der Waals surface area contributed by atoms with Crippen LogP contribution >= 0.6 is 11.3 Å². The van der Waals surface area contributed by atoms with E-state index in [1.807, 2.05) is 45.0 Å². The van der Waals surface area contributed by atoms with E-state index in [1.54, 1.807) is 20.8 Å². The molecule has 42 heavy (non-hydrogen) atoms. The Kier molecular flexibility index (Phi) is 10.8. The third kappa shape index (κ3) is 9.85. The summed E-state index contributed by atoms with van der Waals surface area (Å²) in [5.74, 6) is -2.03. The van der Waals surface area contributed by atoms with Crippen molar-refractivity contribution in [3.63, 3.8) is 0 Å². The van der Waals surface area contributed by atoms with Gasteiger partial charge in [-0.3, -0.25) is 9.69 Å². The SMILES string of the molecule is CC(=O)Nc1nc(CCc2ccc(NC(OC(N)=O)(OC(=O)NC(C)(C)C)C(C)(C)C)cc2)c(CN2CCOCC2)s1. The molecular formula is C29H44N6O6S. The Hall–Kier alpha value is -3.42. The first-order valence-electron chi connectivity index (χ1n) is 14.0. The molecule has 0 saturated carbocycles. The fourth-order valence-electron chi connectivity index (χ4n) is 4.25. The van der Waals surface area contributed by atoms with Gasteiger partial charge < -0.3 is 35.9 Å². The molecular weight excluding hydrogens is 560 g/mol. The summed E-state index contributed by atoms with van der Waals surface area (Å²) < 4.78 is 16.6. The van der Waals surface area contributed by atoms with Gasteiger partial charge in [0.15, 0.2) is 5.13 Å². The summed E-state index contributed by atoms with van der Waals surface area (Å²) in [6.45, 7) is 16.1. The van der Waals surface area contributed by atoms with Gasteiger partial charge in [-0.25, -0.2) is 14.6 Å². The second kappa shape index (κ2) is 13.7. The molecule has 0 aliphatic carbocycles. The maximum atomic E-state index is 12.7. The number of ether oxygens (including phenoxy) is 3. The number of amides is 3. The number of nitrogens with zero attached hydrogens (tertiary/aromatic N) is 2. The second-order valence-electron chi connectivity index (χ2n) is 12.3. The van der Waals surface area contributed by atoms with Crippen LogP contribution in [-0.2, 0) is 38.4 Å². The highest BCUT2D eigenvalue weighted by molar-refractivity contribution is 7.15. The molecule has 232 valence electrons. The molecule has 0 radical (unpaired) electrons. The number of nitrogens with two attached hydrogens (primary N) is 1. The number of primary amides is 1. The number of hydrogen-bond acceptors (Lipinski definition) is 10. The number of carbonyl (C=O) groups is 3. The summed E-state index contributed by atoms with van der Waals surface area (Å²) in [5, 5.41) is 9.22. The van der Waals surface area contributed by atoms with Crippen molar-refractivity contribution >= 4 is 40.2 Å². The van der Waals surface area contributed by atoms with E-state index in [9.17, 15) is 14.4 Å². The Morgan fingerprint density at radius 2 is 1.67 bits per heavy atom. The number of hydrogen-bond donors (Lipinski definition) is 4. The van der Waals surface area contributed by atoms with Gasteiger partial charge in [0, 0.05) is 42.7 Å². The van der Waals surface area contributed by atoms with Gasteiger partial charge in [0.05, 0.1) is 24.3 Å². The lowest BCUT2D eigenvalue weighted by Gasteiger charge is -2.42. The monoisotopic (exact) mass is 604 g/mol. The maximum Gasteiger partial charge on any atom is 0.412 e. The molecule has 1 saturated heterocycles. The predicted molar refractivity (Wildman–Crippen MR) is 162 cm³/mol. The standard InChI is InChI=1S/C29H44N6O6S/c1-19(36)31-25-32-22(23(42-25)18-35-14-16-39-17-15-35)13-10-20-8-11-21(12-9-20)33-29(27(2,3)4,40-24(30)37)41-26(38)34-28(5,6)7/h8-9,11-12,33H,10,13-18H2,1-7H3,(H2,30,37)(H,34,38)(H,31,32,36). The first-order valence-corrected chi connectivity index (χ1v) is 14.8. The van der Waals surface area contributed by atoms with Gasteiger partial charge in [-0.2, -0.15) is 0 Å². The van der Waals surface area contributed by atoms with Crippen molar-refractivity contribution in [3.05, 3.63) is 40.4 Å². The molecule has 3 rings (SSSR count). The largest absolute Gasteiger partial charge is 0.412 e. The van der Waals surface area contributed by atoms with Crippen molar-refractivity contribution in [2.24, 2.45) is 11.1 Å². The number of aromatic nitrogens is 1. The summed E-state index contributed by atoms with van der Waals surface area (Å²) in [6, 6.07) is 7.53. The molecule has 0 bridgehead atoms. The lowest BCUT2D eigenvalue weighted by Crippen LogP contribution is -2.59. The fraction of sp³-hybridized carbons (Fsp3) is 0.586. The lowest BCUT2D eigenvalue weighted by molar-refractivity contribution is -0.202.